The first kappa shape index (κ1) is 14.8. The van der Waals surface area contributed by atoms with Gasteiger partial charge in [0, 0.05) is 21.5 Å². The summed E-state index contributed by atoms with van der Waals surface area (Å²) in [5, 5.41) is 11.4. The highest BCUT2D eigenvalue weighted by Gasteiger charge is 2.41. The maximum absolute atomic E-state index is 11.7. The number of piperidine rings is 1. The van der Waals surface area contributed by atoms with E-state index in [0.29, 0.717) is 13.0 Å². The van der Waals surface area contributed by atoms with Crippen molar-refractivity contribution >= 4 is 39.0 Å². The van der Waals surface area contributed by atoms with Gasteiger partial charge in [0.05, 0.1) is 5.02 Å². The van der Waals surface area contributed by atoms with Gasteiger partial charge in [-0.1, -0.05) is 29.8 Å². The van der Waals surface area contributed by atoms with Crippen LogP contribution in [0.4, 0.5) is 0 Å². The standard InChI is InChI=1S/C16H18ClNO2S/c1-16(15(19)20)8-4-5-9-18(16)10-13-14(17)11-6-2-3-7-12(11)21-13/h2-3,6-7H,4-5,8-10H2,1H3,(H,19,20). The summed E-state index contributed by atoms with van der Waals surface area (Å²) >= 11 is 8.15. The van der Waals surface area contributed by atoms with Gasteiger partial charge in [-0.15, -0.1) is 11.3 Å². The molecule has 2 aromatic rings. The highest BCUT2D eigenvalue weighted by atomic mass is 35.5. The van der Waals surface area contributed by atoms with Crippen LogP contribution in [0.3, 0.4) is 0 Å². The molecule has 1 aromatic carbocycles. The van der Waals surface area contributed by atoms with Gasteiger partial charge >= 0.3 is 5.97 Å². The molecule has 1 atom stereocenters. The molecule has 2 heterocycles. The van der Waals surface area contributed by atoms with Crippen molar-refractivity contribution in [3.05, 3.63) is 34.2 Å². The van der Waals surface area contributed by atoms with Crippen LogP contribution in [0.2, 0.25) is 5.02 Å². The third-order valence-electron chi connectivity index (χ3n) is 4.44. The van der Waals surface area contributed by atoms with Gasteiger partial charge in [-0.05, 0) is 38.8 Å². The zero-order valence-corrected chi connectivity index (χ0v) is 13.5. The summed E-state index contributed by atoms with van der Waals surface area (Å²) in [5.41, 5.74) is -0.780. The molecule has 112 valence electrons. The van der Waals surface area contributed by atoms with Gasteiger partial charge in [-0.25, -0.2) is 0 Å². The van der Waals surface area contributed by atoms with Crippen molar-refractivity contribution in [1.82, 2.24) is 4.90 Å². The van der Waals surface area contributed by atoms with Gasteiger partial charge in [-0.2, -0.15) is 0 Å². The number of nitrogens with zero attached hydrogens (tertiary/aromatic N) is 1. The number of fused-ring (bicyclic) bond motifs is 1. The molecular formula is C16H18ClNO2S. The van der Waals surface area contributed by atoms with Crippen molar-refractivity contribution in [2.75, 3.05) is 6.54 Å². The van der Waals surface area contributed by atoms with Crippen LogP contribution in [0.5, 0.6) is 0 Å². The molecule has 3 nitrogen and oxygen atoms in total. The van der Waals surface area contributed by atoms with E-state index in [-0.39, 0.29) is 0 Å². The van der Waals surface area contributed by atoms with E-state index in [1.54, 1.807) is 11.3 Å². The predicted octanol–water partition coefficient (Wildman–Crippen LogP) is 4.38. The largest absolute Gasteiger partial charge is 0.480 e. The average Bonchev–Trinajstić information content (AvgIpc) is 2.78. The lowest BCUT2D eigenvalue weighted by atomic mass is 9.88. The number of carbonyl (C=O) groups is 1. The second-order valence-electron chi connectivity index (χ2n) is 5.79. The van der Waals surface area contributed by atoms with Gasteiger partial charge in [0.2, 0.25) is 0 Å². The lowest BCUT2D eigenvalue weighted by Gasteiger charge is -2.41. The third-order valence-corrected chi connectivity index (χ3v) is 6.14. The molecule has 1 unspecified atom stereocenters. The van der Waals surface area contributed by atoms with Crippen LogP contribution < -0.4 is 0 Å². The zero-order chi connectivity index (χ0) is 15.0. The molecule has 0 saturated carbocycles. The zero-order valence-electron chi connectivity index (χ0n) is 11.9. The Morgan fingerprint density at radius 2 is 2.19 bits per heavy atom. The van der Waals surface area contributed by atoms with Crippen molar-refractivity contribution in [2.45, 2.75) is 38.3 Å². The normalized spacial score (nSPS) is 23.5. The van der Waals surface area contributed by atoms with Gasteiger partial charge < -0.3 is 5.11 Å². The fourth-order valence-corrected chi connectivity index (χ4v) is 4.52. The summed E-state index contributed by atoms with van der Waals surface area (Å²) in [6, 6.07) is 8.06. The molecule has 0 bridgehead atoms. The van der Waals surface area contributed by atoms with Crippen LogP contribution in [0.15, 0.2) is 24.3 Å². The predicted molar refractivity (Wildman–Crippen MR) is 87.1 cm³/mol. The number of benzene rings is 1. The van der Waals surface area contributed by atoms with E-state index in [2.05, 4.69) is 11.0 Å². The summed E-state index contributed by atoms with van der Waals surface area (Å²) in [5.74, 6) is -0.737. The minimum Gasteiger partial charge on any atom is -0.480 e. The molecule has 21 heavy (non-hydrogen) atoms. The Hall–Kier alpha value is -1.10. The molecular weight excluding hydrogens is 306 g/mol. The van der Waals surface area contributed by atoms with E-state index in [1.165, 1.54) is 0 Å². The summed E-state index contributed by atoms with van der Waals surface area (Å²) in [6.07, 6.45) is 2.72. The summed E-state index contributed by atoms with van der Waals surface area (Å²) < 4.78 is 1.16. The topological polar surface area (TPSA) is 40.5 Å². The summed E-state index contributed by atoms with van der Waals surface area (Å²) in [6.45, 7) is 3.25. The number of aliphatic carboxylic acids is 1. The Labute approximate surface area is 133 Å². The maximum Gasteiger partial charge on any atom is 0.323 e. The number of hydrogen-bond acceptors (Lipinski definition) is 3. The molecule has 0 aliphatic carbocycles. The van der Waals surface area contributed by atoms with Gasteiger partial charge in [0.25, 0.3) is 0 Å². The molecule has 1 aromatic heterocycles. The van der Waals surface area contributed by atoms with E-state index in [1.807, 2.05) is 25.1 Å². The Kier molecular flexibility index (Phi) is 3.95. The molecule has 3 rings (SSSR count). The Morgan fingerprint density at radius 3 is 2.90 bits per heavy atom. The van der Waals surface area contributed by atoms with E-state index in [4.69, 9.17) is 11.6 Å². The highest BCUT2D eigenvalue weighted by Crippen LogP contribution is 2.38. The fourth-order valence-electron chi connectivity index (χ4n) is 3.01. The van der Waals surface area contributed by atoms with E-state index in [0.717, 1.165) is 39.4 Å². The smallest absolute Gasteiger partial charge is 0.323 e. The maximum atomic E-state index is 11.7. The Balaban J connectivity index is 1.93. The minimum absolute atomic E-state index is 0.612. The van der Waals surface area contributed by atoms with Crippen LogP contribution in [-0.4, -0.2) is 28.1 Å². The van der Waals surface area contributed by atoms with Crippen molar-refractivity contribution in [1.29, 1.82) is 0 Å². The number of thiophene rings is 1. The highest BCUT2D eigenvalue weighted by molar-refractivity contribution is 7.19. The number of carboxylic acid groups (broad SMARTS) is 1. The molecule has 0 radical (unpaired) electrons. The van der Waals surface area contributed by atoms with Crippen molar-refractivity contribution in [2.24, 2.45) is 0 Å². The molecule has 5 heteroatoms. The van der Waals surface area contributed by atoms with Crippen molar-refractivity contribution in [3.63, 3.8) is 0 Å². The average molecular weight is 324 g/mol. The van der Waals surface area contributed by atoms with E-state index >= 15 is 0 Å². The molecule has 1 aliphatic heterocycles. The first-order valence-electron chi connectivity index (χ1n) is 7.17. The van der Waals surface area contributed by atoms with Crippen molar-refractivity contribution in [3.8, 4) is 0 Å². The number of hydrogen-bond donors (Lipinski definition) is 1. The van der Waals surface area contributed by atoms with E-state index < -0.39 is 11.5 Å². The van der Waals surface area contributed by atoms with Crippen molar-refractivity contribution < 1.29 is 9.90 Å². The molecule has 1 N–H and O–H groups in total. The van der Waals surface area contributed by atoms with Crippen LogP contribution in [0.1, 0.15) is 31.1 Å². The Morgan fingerprint density at radius 1 is 1.43 bits per heavy atom. The SMILES string of the molecule is CC1(C(=O)O)CCCCN1Cc1sc2ccccc2c1Cl. The van der Waals surface area contributed by atoms with Gasteiger partial charge in [0.15, 0.2) is 0 Å². The Bertz CT molecular complexity index is 684. The molecule has 1 aliphatic rings. The molecule has 0 spiro atoms. The molecule has 1 fully saturated rings. The first-order chi connectivity index (χ1) is 10.0. The molecule has 1 saturated heterocycles. The number of carboxylic acids is 1. The third kappa shape index (κ3) is 2.56. The minimum atomic E-state index is -0.780. The number of halogens is 1. The second-order valence-corrected chi connectivity index (χ2v) is 7.31. The van der Waals surface area contributed by atoms with E-state index in [9.17, 15) is 9.90 Å². The lowest BCUT2D eigenvalue weighted by molar-refractivity contribution is -0.153. The quantitative estimate of drug-likeness (QED) is 0.911. The first-order valence-corrected chi connectivity index (χ1v) is 8.36. The number of rotatable bonds is 3. The molecule has 0 amide bonds. The fraction of sp³-hybridized carbons (Fsp3) is 0.438. The monoisotopic (exact) mass is 323 g/mol. The van der Waals surface area contributed by atoms with Crippen LogP contribution in [0, 0.1) is 0 Å². The lowest BCUT2D eigenvalue weighted by Crippen LogP contribution is -2.54. The van der Waals surface area contributed by atoms with Crippen LogP contribution >= 0.6 is 22.9 Å². The summed E-state index contributed by atoms with van der Waals surface area (Å²) in [4.78, 5) is 14.8. The van der Waals surface area contributed by atoms with Gasteiger partial charge in [0.1, 0.15) is 5.54 Å². The second kappa shape index (κ2) is 5.59. The van der Waals surface area contributed by atoms with Crippen LogP contribution in [-0.2, 0) is 11.3 Å². The number of likely N-dealkylation sites (tertiary alicyclic amines) is 1. The summed E-state index contributed by atoms with van der Waals surface area (Å²) in [7, 11) is 0. The van der Waals surface area contributed by atoms with Gasteiger partial charge in [-0.3, -0.25) is 9.69 Å². The van der Waals surface area contributed by atoms with Crippen LogP contribution in [0.25, 0.3) is 10.1 Å².